The van der Waals surface area contributed by atoms with Crippen LogP contribution in [0.2, 0.25) is 0 Å². The van der Waals surface area contributed by atoms with Gasteiger partial charge in [-0.15, -0.1) is 0 Å². The summed E-state index contributed by atoms with van der Waals surface area (Å²) in [7, 11) is -3.91. The molecular weight excluding hydrogens is 478 g/mol. The molecule has 194 valence electrons. The Bertz CT molecular complexity index is 1170. The Balaban J connectivity index is 1.68. The molecule has 3 rings (SSSR count). The lowest BCUT2D eigenvalue weighted by atomic mass is 10.1. The first-order valence-electron chi connectivity index (χ1n) is 12.6. The van der Waals surface area contributed by atoms with E-state index in [0.717, 1.165) is 22.7 Å². The van der Waals surface area contributed by atoms with Gasteiger partial charge in [-0.25, -0.2) is 12.7 Å². The molecule has 1 aliphatic heterocycles. The molecule has 0 saturated carbocycles. The van der Waals surface area contributed by atoms with E-state index in [1.165, 1.54) is 12.1 Å². The monoisotopic (exact) mass is 513 g/mol. The molecule has 2 aromatic carbocycles. The van der Waals surface area contributed by atoms with E-state index in [-0.39, 0.29) is 41.7 Å². The van der Waals surface area contributed by atoms with Crippen molar-refractivity contribution in [2.24, 2.45) is 0 Å². The summed E-state index contributed by atoms with van der Waals surface area (Å²) < 4.78 is 26.4. The molecule has 36 heavy (non-hydrogen) atoms. The summed E-state index contributed by atoms with van der Waals surface area (Å²) in [5.74, 6) is -0.981. The zero-order valence-corrected chi connectivity index (χ0v) is 21.8. The number of fused-ring (bicyclic) bond motifs is 1. The fraction of sp³-hybridized carbons (Fsp3) is 0.444. The van der Waals surface area contributed by atoms with Gasteiger partial charge in [0.1, 0.15) is 10.9 Å². The molecule has 0 unspecified atom stereocenters. The highest BCUT2D eigenvalue weighted by Crippen LogP contribution is 2.30. The number of unbranched alkanes of at least 4 members (excludes halogenated alkanes) is 1. The van der Waals surface area contributed by atoms with Crippen LogP contribution in [-0.4, -0.2) is 61.0 Å². The smallest absolute Gasteiger partial charge is 0.269 e. The van der Waals surface area contributed by atoms with Gasteiger partial charge in [0.2, 0.25) is 11.8 Å². The number of carbonyl (C=O) groups excluding carboxylic acids is 3. The van der Waals surface area contributed by atoms with Crippen LogP contribution in [-0.2, 0) is 26.0 Å². The van der Waals surface area contributed by atoms with Crippen LogP contribution in [0.1, 0.15) is 61.9 Å². The van der Waals surface area contributed by atoms with Gasteiger partial charge in [0, 0.05) is 26.1 Å². The molecule has 1 heterocycles. The van der Waals surface area contributed by atoms with Crippen molar-refractivity contribution in [3.8, 4) is 0 Å². The minimum Gasteiger partial charge on any atom is -0.354 e. The highest BCUT2D eigenvalue weighted by molar-refractivity contribution is 7.90. The minimum absolute atomic E-state index is 0.000566. The van der Waals surface area contributed by atoms with Crippen LogP contribution in [0.3, 0.4) is 0 Å². The van der Waals surface area contributed by atoms with E-state index >= 15 is 0 Å². The Morgan fingerprint density at radius 1 is 1.00 bits per heavy atom. The number of nitrogens with zero attached hydrogens (tertiary/aromatic N) is 2. The van der Waals surface area contributed by atoms with E-state index in [9.17, 15) is 22.8 Å². The molecule has 1 aliphatic rings. The van der Waals surface area contributed by atoms with Crippen molar-refractivity contribution in [1.29, 1.82) is 0 Å². The van der Waals surface area contributed by atoms with Crippen LogP contribution in [0.5, 0.6) is 0 Å². The Morgan fingerprint density at radius 3 is 2.36 bits per heavy atom. The Labute approximate surface area is 213 Å². The van der Waals surface area contributed by atoms with Crippen molar-refractivity contribution in [1.82, 2.24) is 14.5 Å². The van der Waals surface area contributed by atoms with Gasteiger partial charge in [-0.1, -0.05) is 62.7 Å². The van der Waals surface area contributed by atoms with Crippen LogP contribution < -0.4 is 5.32 Å². The summed E-state index contributed by atoms with van der Waals surface area (Å²) in [6, 6.07) is 15.3. The van der Waals surface area contributed by atoms with Gasteiger partial charge in [-0.3, -0.25) is 14.4 Å². The Hall–Kier alpha value is -3.20. The van der Waals surface area contributed by atoms with E-state index in [0.29, 0.717) is 25.9 Å². The van der Waals surface area contributed by atoms with Gasteiger partial charge in [-0.05, 0) is 43.4 Å². The summed E-state index contributed by atoms with van der Waals surface area (Å²) in [6.45, 7) is 4.76. The number of amides is 3. The maximum absolute atomic E-state index is 13.3. The van der Waals surface area contributed by atoms with E-state index in [1.54, 1.807) is 17.0 Å². The number of nitrogens with one attached hydrogen (secondary N) is 1. The number of rotatable bonds is 13. The molecule has 0 spiro atoms. The third kappa shape index (κ3) is 6.32. The number of carbonyl (C=O) groups is 3. The van der Waals surface area contributed by atoms with Gasteiger partial charge >= 0.3 is 0 Å². The molecule has 0 fully saturated rings. The summed E-state index contributed by atoms with van der Waals surface area (Å²) in [6.07, 6.45) is 3.08. The van der Waals surface area contributed by atoms with Gasteiger partial charge < -0.3 is 10.2 Å². The lowest BCUT2D eigenvalue weighted by Crippen LogP contribution is -2.50. The second kappa shape index (κ2) is 12.7. The molecule has 8 nitrogen and oxygen atoms in total. The van der Waals surface area contributed by atoms with E-state index in [2.05, 4.69) is 5.32 Å². The molecule has 0 saturated heterocycles. The molecule has 0 aliphatic carbocycles. The highest BCUT2D eigenvalue weighted by atomic mass is 32.2. The fourth-order valence-electron chi connectivity index (χ4n) is 4.37. The Kier molecular flexibility index (Phi) is 9.64. The van der Waals surface area contributed by atoms with Crippen LogP contribution in [0.4, 0.5) is 0 Å². The van der Waals surface area contributed by atoms with Crippen LogP contribution in [0.15, 0.2) is 59.5 Å². The third-order valence-electron chi connectivity index (χ3n) is 6.36. The van der Waals surface area contributed by atoms with Gasteiger partial charge in [-0.2, -0.15) is 0 Å². The Morgan fingerprint density at radius 2 is 1.69 bits per heavy atom. The van der Waals surface area contributed by atoms with E-state index < -0.39 is 22.0 Å². The normalized spacial score (nSPS) is 14.8. The number of hydrogen-bond acceptors (Lipinski definition) is 5. The first-order chi connectivity index (χ1) is 17.3. The second-order valence-electron chi connectivity index (χ2n) is 8.87. The van der Waals surface area contributed by atoms with Crippen molar-refractivity contribution in [3.63, 3.8) is 0 Å². The first kappa shape index (κ1) is 27.4. The van der Waals surface area contributed by atoms with Crippen molar-refractivity contribution in [2.75, 3.05) is 19.6 Å². The van der Waals surface area contributed by atoms with Gasteiger partial charge in [0.25, 0.3) is 15.9 Å². The van der Waals surface area contributed by atoms with Crippen LogP contribution in [0.25, 0.3) is 0 Å². The number of hydrogen-bond donors (Lipinski definition) is 1. The predicted molar refractivity (Wildman–Crippen MR) is 138 cm³/mol. The molecular formula is C27H35N3O5S. The molecule has 3 amide bonds. The summed E-state index contributed by atoms with van der Waals surface area (Å²) in [5, 5.41) is 2.93. The fourth-order valence-corrected chi connectivity index (χ4v) is 5.98. The molecule has 9 heteroatoms. The van der Waals surface area contributed by atoms with Crippen LogP contribution >= 0.6 is 0 Å². The zero-order valence-electron chi connectivity index (χ0n) is 21.0. The maximum atomic E-state index is 13.3. The maximum Gasteiger partial charge on any atom is 0.269 e. The molecule has 0 bridgehead atoms. The standard InChI is InChI=1S/C27H35N3O5S/c1-3-5-18-28-26(32)23(4-2)29(20-17-21-12-7-6-8-13-21)25(31)16-11-19-30-27(33)22-14-9-10-15-24(22)36(30,34)35/h6-10,12-15,23H,3-5,11,16-20H2,1-2H3,(H,28,32)/t23-/m0/s1. The van der Waals surface area contributed by atoms with Crippen molar-refractivity contribution < 1.29 is 22.8 Å². The number of sulfonamides is 1. The lowest BCUT2D eigenvalue weighted by Gasteiger charge is -2.31. The third-order valence-corrected chi connectivity index (χ3v) is 8.20. The summed E-state index contributed by atoms with van der Waals surface area (Å²) >= 11 is 0. The SMILES string of the molecule is CCCCNC(=O)[C@H](CC)N(CCc1ccccc1)C(=O)CCCN1C(=O)c2ccccc2S1(=O)=O. The average Bonchev–Trinajstić information content (AvgIpc) is 3.07. The van der Waals surface area contributed by atoms with Crippen LogP contribution in [0, 0.1) is 0 Å². The van der Waals surface area contributed by atoms with Gasteiger partial charge in [0.05, 0.1) is 5.56 Å². The molecule has 1 atom stereocenters. The van der Waals surface area contributed by atoms with E-state index in [4.69, 9.17) is 0 Å². The minimum atomic E-state index is -3.91. The summed E-state index contributed by atoms with van der Waals surface area (Å²) in [5.41, 5.74) is 1.21. The molecule has 1 N–H and O–H groups in total. The summed E-state index contributed by atoms with van der Waals surface area (Å²) in [4.78, 5) is 40.5. The van der Waals surface area contributed by atoms with Crippen molar-refractivity contribution in [2.45, 2.75) is 63.3 Å². The molecule has 2 aromatic rings. The van der Waals surface area contributed by atoms with Gasteiger partial charge in [0.15, 0.2) is 0 Å². The molecule has 0 aromatic heterocycles. The quantitative estimate of drug-likeness (QED) is 0.414. The topological polar surface area (TPSA) is 104 Å². The first-order valence-corrected chi connectivity index (χ1v) is 14.0. The average molecular weight is 514 g/mol. The van der Waals surface area contributed by atoms with Crippen molar-refractivity contribution in [3.05, 3.63) is 65.7 Å². The predicted octanol–water partition coefficient (Wildman–Crippen LogP) is 3.38. The zero-order chi connectivity index (χ0) is 26.1. The molecule has 0 radical (unpaired) electrons. The van der Waals surface area contributed by atoms with E-state index in [1.807, 2.05) is 44.2 Å². The second-order valence-corrected chi connectivity index (χ2v) is 10.7. The van der Waals surface area contributed by atoms with Crippen molar-refractivity contribution >= 4 is 27.7 Å². The largest absolute Gasteiger partial charge is 0.354 e. The lowest BCUT2D eigenvalue weighted by molar-refractivity contribution is -0.140. The highest BCUT2D eigenvalue weighted by Gasteiger charge is 2.40. The number of benzene rings is 2.